The predicted octanol–water partition coefficient (Wildman–Crippen LogP) is 5.77. The highest BCUT2D eigenvalue weighted by molar-refractivity contribution is 7.86. The first-order chi connectivity index (χ1) is 22.2. The van der Waals surface area contributed by atoms with Crippen LogP contribution in [0.15, 0.2) is 71.4 Å². The summed E-state index contributed by atoms with van der Waals surface area (Å²) in [6.45, 7) is 0. The van der Waals surface area contributed by atoms with Crippen molar-refractivity contribution in [2.75, 3.05) is 16.0 Å². The van der Waals surface area contributed by atoms with Crippen molar-refractivity contribution < 1.29 is 22.9 Å². The number of anilines is 3. The molecule has 46 heavy (non-hydrogen) atoms. The SMILES string of the molecule is O=C1C(c2ccc3cccc4c3c2NC2(CCCC(S(=O)(=O)O)C2)N4)=C(O)C1=c1ccc2cccc3c2c1=NC1(CCCCC1)N3. The molecule has 2 spiro atoms. The van der Waals surface area contributed by atoms with Crippen LogP contribution >= 0.6 is 0 Å². The van der Waals surface area contributed by atoms with Crippen molar-refractivity contribution in [2.45, 2.75) is 74.4 Å². The van der Waals surface area contributed by atoms with Crippen molar-refractivity contribution >= 4 is 65.7 Å². The Balaban J connectivity index is 1.24. The van der Waals surface area contributed by atoms with Gasteiger partial charge in [-0.1, -0.05) is 55.0 Å². The van der Waals surface area contributed by atoms with E-state index in [2.05, 4.69) is 22.0 Å². The summed E-state index contributed by atoms with van der Waals surface area (Å²) in [5.74, 6) is -0.314. The number of carbonyl (C=O) groups is 1. The summed E-state index contributed by atoms with van der Waals surface area (Å²) >= 11 is 0. The third kappa shape index (κ3) is 3.99. The molecule has 0 saturated heterocycles. The summed E-state index contributed by atoms with van der Waals surface area (Å²) in [6.07, 6.45) is 6.92. The maximum absolute atomic E-state index is 14.2. The van der Waals surface area contributed by atoms with Gasteiger partial charge in [0.1, 0.15) is 17.1 Å². The number of aliphatic hydroxyl groups is 1. The van der Waals surface area contributed by atoms with Gasteiger partial charge in [-0.05, 0) is 67.9 Å². The lowest BCUT2D eigenvalue weighted by molar-refractivity contribution is -0.109. The zero-order valence-corrected chi connectivity index (χ0v) is 26.0. The van der Waals surface area contributed by atoms with E-state index in [1.54, 1.807) is 0 Å². The lowest BCUT2D eigenvalue weighted by Gasteiger charge is -2.46. The number of nitrogens with one attached hydrogen (secondary N) is 3. The van der Waals surface area contributed by atoms with Gasteiger partial charge in [0, 0.05) is 39.4 Å². The molecular formula is C36H34N4O5S. The standard InChI is InChI=1S/C36H34N4O5S/c41-33-29(23-14-12-20-7-4-10-25-27(20)31(23)39-35(37-25)16-2-1-3-17-35)34(42)30(33)24-15-13-21-8-5-11-26-28(21)32(24)40-36(38-26)18-6-9-22(19-36)46(43,44)45/h4-5,7-8,10-15,22,37-38,40-41H,1-3,6,9,16-19H2,(H,43,44,45). The molecule has 0 radical (unpaired) electrons. The first-order valence-corrected chi connectivity index (χ1v) is 17.7. The summed E-state index contributed by atoms with van der Waals surface area (Å²) < 4.78 is 34.3. The molecule has 9 nitrogen and oxygen atoms in total. The fraction of sp³-hybridized carbons (Fsp3) is 0.333. The van der Waals surface area contributed by atoms with E-state index in [4.69, 9.17) is 4.99 Å². The maximum Gasteiger partial charge on any atom is 0.267 e. The molecule has 2 unspecified atom stereocenters. The van der Waals surface area contributed by atoms with E-state index in [9.17, 15) is 22.9 Å². The van der Waals surface area contributed by atoms with Crippen LogP contribution in [0, 0.1) is 0 Å². The lowest BCUT2D eigenvalue weighted by Crippen LogP contribution is -2.53. The molecule has 0 bridgehead atoms. The summed E-state index contributed by atoms with van der Waals surface area (Å²) in [4.78, 5) is 19.5. The Morgan fingerprint density at radius 2 is 1.50 bits per heavy atom. The molecule has 9 rings (SSSR count). The number of hydrogen-bond acceptors (Lipinski definition) is 8. The maximum atomic E-state index is 14.2. The molecular weight excluding hydrogens is 600 g/mol. The van der Waals surface area contributed by atoms with Crippen molar-refractivity contribution in [1.29, 1.82) is 0 Å². The van der Waals surface area contributed by atoms with Crippen molar-refractivity contribution in [3.05, 3.63) is 82.6 Å². The number of carbonyl (C=O) groups excluding carboxylic acids is 1. The zero-order valence-electron chi connectivity index (χ0n) is 25.2. The van der Waals surface area contributed by atoms with Gasteiger partial charge in [-0.2, -0.15) is 8.42 Å². The molecule has 234 valence electrons. The average Bonchev–Trinajstić information content (AvgIpc) is 3.03. The molecule has 2 atom stereocenters. The van der Waals surface area contributed by atoms with Gasteiger partial charge in [0.2, 0.25) is 5.78 Å². The van der Waals surface area contributed by atoms with Crippen molar-refractivity contribution in [1.82, 2.24) is 0 Å². The minimum atomic E-state index is -4.24. The highest BCUT2D eigenvalue weighted by atomic mass is 32.2. The van der Waals surface area contributed by atoms with E-state index >= 15 is 0 Å². The van der Waals surface area contributed by atoms with Gasteiger partial charge in [-0.15, -0.1) is 0 Å². The fourth-order valence-electron chi connectivity index (χ4n) is 8.61. The van der Waals surface area contributed by atoms with Crippen LogP contribution in [0.4, 0.5) is 17.1 Å². The Morgan fingerprint density at radius 1 is 0.783 bits per heavy atom. The Kier molecular flexibility index (Phi) is 5.79. The molecule has 10 heteroatoms. The first kappa shape index (κ1) is 27.9. The van der Waals surface area contributed by atoms with Gasteiger partial charge in [-0.3, -0.25) is 14.3 Å². The number of nitrogens with zero attached hydrogens (tertiary/aromatic N) is 1. The van der Waals surface area contributed by atoms with Gasteiger partial charge < -0.3 is 21.1 Å². The Morgan fingerprint density at radius 3 is 2.24 bits per heavy atom. The normalized spacial score (nSPS) is 25.9. The second kappa shape index (κ2) is 9.56. The molecule has 0 amide bonds. The molecule has 2 saturated carbocycles. The lowest BCUT2D eigenvalue weighted by atomic mass is 9.79. The number of aliphatic hydroxyl groups excluding tert-OH is 1. The topological polar surface area (TPSA) is 140 Å². The molecule has 4 aromatic carbocycles. The largest absolute Gasteiger partial charge is 0.506 e. The van der Waals surface area contributed by atoms with Crippen LogP contribution in [0.1, 0.15) is 63.4 Å². The quantitative estimate of drug-likeness (QED) is 0.175. The number of benzene rings is 4. The van der Waals surface area contributed by atoms with Gasteiger partial charge in [0.25, 0.3) is 10.1 Å². The summed E-state index contributed by atoms with van der Waals surface area (Å²) in [7, 11) is -4.24. The zero-order chi connectivity index (χ0) is 31.4. The highest BCUT2D eigenvalue weighted by Gasteiger charge is 2.45. The van der Waals surface area contributed by atoms with Gasteiger partial charge in [0.15, 0.2) is 0 Å². The van der Waals surface area contributed by atoms with Crippen molar-refractivity contribution in [3.63, 3.8) is 0 Å². The number of rotatable bonds is 2. The Hall–Kier alpha value is -4.41. The van der Waals surface area contributed by atoms with Crippen LogP contribution in [0.2, 0.25) is 0 Å². The highest BCUT2D eigenvalue weighted by Crippen LogP contribution is 2.49. The van der Waals surface area contributed by atoms with Crippen LogP contribution in [0.5, 0.6) is 0 Å². The second-order valence-corrected chi connectivity index (χ2v) is 15.3. The van der Waals surface area contributed by atoms with Crippen LogP contribution in [-0.4, -0.2) is 40.4 Å². The minimum absolute atomic E-state index is 0.0635. The van der Waals surface area contributed by atoms with Crippen molar-refractivity contribution in [3.8, 4) is 0 Å². The van der Waals surface area contributed by atoms with Crippen LogP contribution in [0.3, 0.4) is 0 Å². The summed E-state index contributed by atoms with van der Waals surface area (Å²) in [5, 5.41) is 26.9. The summed E-state index contributed by atoms with van der Waals surface area (Å²) in [6, 6.07) is 19.7. The van der Waals surface area contributed by atoms with Gasteiger partial charge in [-0.25, -0.2) is 0 Å². The van der Waals surface area contributed by atoms with Crippen LogP contribution in [0.25, 0.3) is 32.7 Å². The number of ketones is 1. The van der Waals surface area contributed by atoms with Crippen molar-refractivity contribution in [2.24, 2.45) is 4.99 Å². The van der Waals surface area contributed by atoms with E-state index in [-0.39, 0.29) is 29.1 Å². The van der Waals surface area contributed by atoms with Gasteiger partial charge >= 0.3 is 0 Å². The molecule has 2 aliphatic heterocycles. The molecule has 2 heterocycles. The predicted molar refractivity (Wildman–Crippen MR) is 180 cm³/mol. The smallest absolute Gasteiger partial charge is 0.267 e. The van der Waals surface area contributed by atoms with E-state index in [0.29, 0.717) is 35.7 Å². The minimum Gasteiger partial charge on any atom is -0.506 e. The molecule has 3 aliphatic carbocycles. The monoisotopic (exact) mass is 634 g/mol. The molecule has 5 aliphatic rings. The van der Waals surface area contributed by atoms with Crippen LogP contribution in [-0.2, 0) is 14.9 Å². The van der Waals surface area contributed by atoms with Crippen LogP contribution < -0.4 is 26.5 Å². The second-order valence-electron chi connectivity index (χ2n) is 13.6. The number of Topliss-reactive ketones (excluding diaryl/α,β-unsaturated/α-hetero) is 1. The molecule has 0 aromatic heterocycles. The summed E-state index contributed by atoms with van der Waals surface area (Å²) in [5.41, 5.74) is 2.30. The third-order valence-corrected chi connectivity index (χ3v) is 12.0. The van der Waals surface area contributed by atoms with E-state index in [0.717, 1.165) is 64.0 Å². The Bertz CT molecular complexity index is 2310. The third-order valence-electron chi connectivity index (χ3n) is 10.8. The fourth-order valence-corrected chi connectivity index (χ4v) is 9.57. The molecule has 2 fully saturated rings. The average molecular weight is 635 g/mol. The van der Waals surface area contributed by atoms with E-state index in [1.165, 1.54) is 6.42 Å². The van der Waals surface area contributed by atoms with E-state index in [1.807, 2.05) is 54.6 Å². The Labute approximate surface area is 265 Å². The molecule has 4 aromatic rings. The number of allylic oxidation sites excluding steroid dienone is 2. The van der Waals surface area contributed by atoms with Gasteiger partial charge in [0.05, 0.1) is 27.4 Å². The molecule has 5 N–H and O–H groups in total. The first-order valence-electron chi connectivity index (χ1n) is 16.2. The number of hydrogen-bond donors (Lipinski definition) is 5. The van der Waals surface area contributed by atoms with E-state index < -0.39 is 26.7 Å².